The molecule has 1 saturated heterocycles. The van der Waals surface area contributed by atoms with E-state index in [1.54, 1.807) is 53.4 Å². The van der Waals surface area contributed by atoms with E-state index in [4.69, 9.17) is 4.74 Å². The minimum Gasteiger partial charge on any atom is -0.508 e. The van der Waals surface area contributed by atoms with E-state index in [-0.39, 0.29) is 23.3 Å². The molecule has 7 heteroatoms. The molecule has 4 rings (SSSR count). The van der Waals surface area contributed by atoms with Crippen LogP contribution < -0.4 is 0 Å². The number of carbonyl (C=O) groups is 1. The first kappa shape index (κ1) is 24.6. The smallest absolute Gasteiger partial charge is 0.246 e. The number of piperazine rings is 1. The molecule has 1 aliphatic rings. The molecule has 1 N–H and O–H groups in total. The molecule has 5 nitrogen and oxygen atoms in total. The van der Waals surface area contributed by atoms with Gasteiger partial charge in [-0.15, -0.1) is 0 Å². The van der Waals surface area contributed by atoms with Crippen LogP contribution in [0.3, 0.4) is 0 Å². The molecule has 35 heavy (non-hydrogen) atoms. The highest BCUT2D eigenvalue weighted by molar-refractivity contribution is 5.91. The summed E-state index contributed by atoms with van der Waals surface area (Å²) in [4.78, 5) is 16.5. The molecule has 0 aliphatic carbocycles. The van der Waals surface area contributed by atoms with Crippen LogP contribution in [-0.2, 0) is 9.53 Å². The van der Waals surface area contributed by atoms with Crippen molar-refractivity contribution in [3.63, 3.8) is 0 Å². The minimum atomic E-state index is -0.429. The number of amides is 1. The quantitative estimate of drug-likeness (QED) is 0.480. The molecular weight excluding hydrogens is 450 g/mol. The standard InChI is InChI=1S/C28H28F2N2O3/c29-24-9-5-22(6-10-24)28(23-7-11-25(30)12-8-23)35-19-18-31-14-16-32(17-15-31)27(34)13-4-21-2-1-3-26(33)20-21/h1-13,20,28,33H,14-19H2/b13-4+. The van der Waals surface area contributed by atoms with Gasteiger partial charge in [0.25, 0.3) is 0 Å². The number of hydrogen-bond acceptors (Lipinski definition) is 4. The number of nitrogens with zero attached hydrogens (tertiary/aromatic N) is 2. The van der Waals surface area contributed by atoms with Gasteiger partial charge in [-0.2, -0.15) is 0 Å². The average molecular weight is 479 g/mol. The van der Waals surface area contributed by atoms with Crippen LogP contribution in [0.2, 0.25) is 0 Å². The Bertz CT molecular complexity index is 1100. The fraction of sp³-hybridized carbons (Fsp3) is 0.250. The summed E-state index contributed by atoms with van der Waals surface area (Å²) in [7, 11) is 0. The molecule has 1 amide bonds. The number of hydrogen-bond donors (Lipinski definition) is 1. The van der Waals surface area contributed by atoms with Crippen molar-refractivity contribution >= 4 is 12.0 Å². The van der Waals surface area contributed by atoms with Crippen molar-refractivity contribution in [1.29, 1.82) is 0 Å². The number of phenolic OH excluding ortho intramolecular Hbond substituents is 1. The number of ether oxygens (including phenoxy) is 1. The Morgan fingerprint density at radius 1 is 0.914 bits per heavy atom. The number of aromatic hydroxyl groups is 1. The minimum absolute atomic E-state index is 0.0584. The Morgan fingerprint density at radius 3 is 2.09 bits per heavy atom. The first-order valence-electron chi connectivity index (χ1n) is 11.6. The van der Waals surface area contributed by atoms with Crippen molar-refractivity contribution < 1.29 is 23.4 Å². The number of carbonyl (C=O) groups excluding carboxylic acids is 1. The van der Waals surface area contributed by atoms with Gasteiger partial charge in [-0.1, -0.05) is 36.4 Å². The largest absolute Gasteiger partial charge is 0.508 e. The van der Waals surface area contributed by atoms with E-state index in [2.05, 4.69) is 4.90 Å². The molecule has 3 aromatic rings. The van der Waals surface area contributed by atoms with Gasteiger partial charge in [-0.05, 0) is 59.2 Å². The Hall–Kier alpha value is -3.55. The highest BCUT2D eigenvalue weighted by atomic mass is 19.1. The van der Waals surface area contributed by atoms with Crippen molar-refractivity contribution in [2.24, 2.45) is 0 Å². The molecule has 0 spiro atoms. The van der Waals surface area contributed by atoms with E-state index in [1.165, 1.54) is 30.3 Å². The fourth-order valence-electron chi connectivity index (χ4n) is 4.05. The maximum Gasteiger partial charge on any atom is 0.246 e. The lowest BCUT2D eigenvalue weighted by Gasteiger charge is -2.34. The number of halogens is 2. The normalized spacial score (nSPS) is 14.7. The van der Waals surface area contributed by atoms with Gasteiger partial charge in [0.2, 0.25) is 5.91 Å². The summed E-state index contributed by atoms with van der Waals surface area (Å²) in [6.07, 6.45) is 2.80. The van der Waals surface area contributed by atoms with Crippen LogP contribution in [-0.4, -0.2) is 60.1 Å². The van der Waals surface area contributed by atoms with Crippen LogP contribution in [0, 0.1) is 11.6 Å². The molecular formula is C28H28F2N2O3. The lowest BCUT2D eigenvalue weighted by Crippen LogP contribution is -2.49. The van der Waals surface area contributed by atoms with E-state index in [0.717, 1.165) is 29.8 Å². The van der Waals surface area contributed by atoms with E-state index in [0.29, 0.717) is 26.2 Å². The van der Waals surface area contributed by atoms with Gasteiger partial charge >= 0.3 is 0 Å². The summed E-state index contributed by atoms with van der Waals surface area (Å²) in [6, 6.07) is 19.0. The molecule has 1 aliphatic heterocycles. The maximum atomic E-state index is 13.4. The van der Waals surface area contributed by atoms with Crippen LogP contribution in [0.15, 0.2) is 78.9 Å². The van der Waals surface area contributed by atoms with Crippen LogP contribution in [0.5, 0.6) is 5.75 Å². The number of benzene rings is 3. The van der Waals surface area contributed by atoms with Crippen molar-refractivity contribution in [3.8, 4) is 5.75 Å². The number of rotatable bonds is 8. The molecule has 0 aromatic heterocycles. The Labute approximate surface area is 203 Å². The first-order chi connectivity index (χ1) is 17.0. The first-order valence-corrected chi connectivity index (χ1v) is 11.6. The summed E-state index contributed by atoms with van der Waals surface area (Å²) < 4.78 is 33.0. The summed E-state index contributed by atoms with van der Waals surface area (Å²) in [5.41, 5.74) is 2.37. The zero-order valence-corrected chi connectivity index (χ0v) is 19.3. The Balaban J connectivity index is 1.28. The van der Waals surface area contributed by atoms with Crippen molar-refractivity contribution in [3.05, 3.63) is 107 Å². The molecule has 0 unspecified atom stereocenters. The molecule has 1 fully saturated rings. The predicted molar refractivity (Wildman–Crippen MR) is 131 cm³/mol. The van der Waals surface area contributed by atoms with E-state index in [1.807, 2.05) is 6.07 Å². The third-order valence-electron chi connectivity index (χ3n) is 6.01. The van der Waals surface area contributed by atoms with Crippen molar-refractivity contribution in [1.82, 2.24) is 9.80 Å². The van der Waals surface area contributed by atoms with E-state index >= 15 is 0 Å². The van der Waals surface area contributed by atoms with Gasteiger partial charge in [-0.3, -0.25) is 9.69 Å². The summed E-state index contributed by atoms with van der Waals surface area (Å²) in [5, 5.41) is 9.54. The summed E-state index contributed by atoms with van der Waals surface area (Å²) in [6.45, 7) is 3.80. The predicted octanol–water partition coefficient (Wildman–Crippen LogP) is 4.63. The molecule has 0 atom stereocenters. The zero-order chi connectivity index (χ0) is 24.6. The van der Waals surface area contributed by atoms with Crippen molar-refractivity contribution in [2.75, 3.05) is 39.3 Å². The van der Waals surface area contributed by atoms with Gasteiger partial charge in [0.15, 0.2) is 0 Å². The SMILES string of the molecule is O=C(/C=C/c1cccc(O)c1)N1CCN(CCOC(c2ccc(F)cc2)c2ccc(F)cc2)CC1. The van der Waals surface area contributed by atoms with E-state index < -0.39 is 6.10 Å². The lowest BCUT2D eigenvalue weighted by atomic mass is 10.0. The van der Waals surface area contributed by atoms with Gasteiger partial charge in [0.05, 0.1) is 6.61 Å². The summed E-state index contributed by atoms with van der Waals surface area (Å²) >= 11 is 0. The molecule has 0 saturated carbocycles. The highest BCUT2D eigenvalue weighted by Gasteiger charge is 2.21. The van der Waals surface area contributed by atoms with Crippen molar-refractivity contribution in [2.45, 2.75) is 6.10 Å². The van der Waals surface area contributed by atoms with Crippen LogP contribution in [0.25, 0.3) is 6.08 Å². The molecule has 0 radical (unpaired) electrons. The highest BCUT2D eigenvalue weighted by Crippen LogP contribution is 2.26. The maximum absolute atomic E-state index is 13.4. The summed E-state index contributed by atoms with van der Waals surface area (Å²) in [5.74, 6) is -0.542. The Morgan fingerprint density at radius 2 is 1.51 bits per heavy atom. The van der Waals surface area contributed by atoms with Crippen LogP contribution in [0.4, 0.5) is 8.78 Å². The van der Waals surface area contributed by atoms with Gasteiger partial charge < -0.3 is 14.7 Å². The van der Waals surface area contributed by atoms with E-state index in [9.17, 15) is 18.7 Å². The van der Waals surface area contributed by atoms with Crippen LogP contribution in [0.1, 0.15) is 22.8 Å². The van der Waals surface area contributed by atoms with Crippen LogP contribution >= 0.6 is 0 Å². The number of phenols is 1. The zero-order valence-electron chi connectivity index (χ0n) is 19.3. The van der Waals surface area contributed by atoms with Gasteiger partial charge in [-0.25, -0.2) is 8.78 Å². The van der Waals surface area contributed by atoms with Gasteiger partial charge in [0, 0.05) is 38.8 Å². The second-order valence-electron chi connectivity index (χ2n) is 8.45. The third kappa shape index (κ3) is 6.97. The second kappa shape index (κ2) is 11.7. The monoisotopic (exact) mass is 478 g/mol. The molecule has 1 heterocycles. The third-order valence-corrected chi connectivity index (χ3v) is 6.01. The average Bonchev–Trinajstić information content (AvgIpc) is 2.87. The molecule has 3 aromatic carbocycles. The topological polar surface area (TPSA) is 53.0 Å². The van der Waals surface area contributed by atoms with Gasteiger partial charge in [0.1, 0.15) is 23.5 Å². The molecule has 182 valence electrons. The Kier molecular flexibility index (Phi) is 8.23. The second-order valence-corrected chi connectivity index (χ2v) is 8.45. The lowest BCUT2D eigenvalue weighted by molar-refractivity contribution is -0.127. The molecule has 0 bridgehead atoms. The fourth-order valence-corrected chi connectivity index (χ4v) is 4.05.